The number of hydrogen-bond acceptors (Lipinski definition) is 6. The zero-order chi connectivity index (χ0) is 12.3. The van der Waals surface area contributed by atoms with Gasteiger partial charge in [0.2, 0.25) is 5.16 Å². The van der Waals surface area contributed by atoms with Gasteiger partial charge in [-0.2, -0.15) is 13.2 Å². The quantitative estimate of drug-likeness (QED) is 0.586. The van der Waals surface area contributed by atoms with E-state index in [4.69, 9.17) is 0 Å². The highest BCUT2D eigenvalue weighted by Crippen LogP contribution is 2.29. The van der Waals surface area contributed by atoms with Crippen molar-refractivity contribution in [1.82, 2.24) is 15.2 Å². The van der Waals surface area contributed by atoms with E-state index in [9.17, 15) is 18.0 Å². The largest absolute Gasteiger partial charge is 0.464 e. The summed E-state index contributed by atoms with van der Waals surface area (Å²) in [4.78, 5) is 14.5. The van der Waals surface area contributed by atoms with Crippen molar-refractivity contribution in [2.24, 2.45) is 0 Å². The zero-order valence-corrected chi connectivity index (χ0v) is 9.02. The number of thioether (sulfide) groups is 1. The van der Waals surface area contributed by atoms with E-state index in [1.165, 1.54) is 0 Å². The average Bonchev–Trinajstić information content (AvgIpc) is 2.25. The molecule has 0 spiro atoms. The number of aromatic nitrogens is 3. The summed E-state index contributed by atoms with van der Waals surface area (Å²) in [5, 5.41) is 6.11. The molecule has 0 atom stereocenters. The standard InChI is InChI=1S/C7H6F3N3O2S/c1-15-5(14)3-4(7(8,9)10)12-13-6(11-3)16-2/h1-2H3. The highest BCUT2D eigenvalue weighted by molar-refractivity contribution is 7.98. The second-order valence-electron chi connectivity index (χ2n) is 2.49. The Morgan fingerprint density at radius 3 is 2.44 bits per heavy atom. The Morgan fingerprint density at radius 2 is 2.00 bits per heavy atom. The molecule has 0 aliphatic carbocycles. The number of carbonyl (C=O) groups is 1. The van der Waals surface area contributed by atoms with Gasteiger partial charge in [0, 0.05) is 0 Å². The van der Waals surface area contributed by atoms with Crippen LogP contribution >= 0.6 is 11.8 Å². The molecule has 0 saturated heterocycles. The van der Waals surface area contributed by atoms with Crippen LogP contribution in [0, 0.1) is 0 Å². The molecule has 5 nitrogen and oxygen atoms in total. The van der Waals surface area contributed by atoms with Crippen LogP contribution in [0.25, 0.3) is 0 Å². The number of alkyl halides is 3. The summed E-state index contributed by atoms with van der Waals surface area (Å²) in [6, 6.07) is 0. The lowest BCUT2D eigenvalue weighted by Crippen LogP contribution is -2.19. The summed E-state index contributed by atoms with van der Waals surface area (Å²) in [6.45, 7) is 0. The topological polar surface area (TPSA) is 65.0 Å². The van der Waals surface area contributed by atoms with Gasteiger partial charge >= 0.3 is 12.1 Å². The van der Waals surface area contributed by atoms with Gasteiger partial charge in [0.15, 0.2) is 11.4 Å². The van der Waals surface area contributed by atoms with Gasteiger partial charge in [-0.05, 0) is 6.26 Å². The molecular formula is C7H6F3N3O2S. The predicted octanol–water partition coefficient (Wildman–Crippen LogP) is 1.40. The van der Waals surface area contributed by atoms with Gasteiger partial charge < -0.3 is 4.74 Å². The van der Waals surface area contributed by atoms with E-state index in [2.05, 4.69) is 19.9 Å². The highest BCUT2D eigenvalue weighted by Gasteiger charge is 2.39. The lowest BCUT2D eigenvalue weighted by atomic mass is 10.3. The number of esters is 1. The maximum absolute atomic E-state index is 12.4. The van der Waals surface area contributed by atoms with Crippen LogP contribution in [0.1, 0.15) is 16.2 Å². The number of carbonyl (C=O) groups excluding carboxylic acids is 1. The highest BCUT2D eigenvalue weighted by atomic mass is 32.2. The minimum absolute atomic E-state index is 0.0339. The molecule has 0 aliphatic heterocycles. The van der Waals surface area contributed by atoms with Gasteiger partial charge in [0.1, 0.15) is 0 Å². The molecule has 0 aromatic carbocycles. The summed E-state index contributed by atoms with van der Waals surface area (Å²) in [5.41, 5.74) is -2.33. The lowest BCUT2D eigenvalue weighted by Gasteiger charge is -2.08. The number of nitrogens with zero attached hydrogens (tertiary/aromatic N) is 3. The number of halogens is 3. The number of methoxy groups -OCH3 is 1. The van der Waals surface area contributed by atoms with Gasteiger partial charge in [-0.25, -0.2) is 9.78 Å². The normalized spacial score (nSPS) is 11.3. The molecule has 1 heterocycles. The van der Waals surface area contributed by atoms with Gasteiger partial charge in [-0.3, -0.25) is 0 Å². The molecule has 1 aromatic rings. The maximum atomic E-state index is 12.4. The summed E-state index contributed by atoms with van der Waals surface area (Å²) in [6.07, 6.45) is -3.24. The van der Waals surface area contributed by atoms with Crippen molar-refractivity contribution in [3.63, 3.8) is 0 Å². The van der Waals surface area contributed by atoms with Crippen LogP contribution in [0.3, 0.4) is 0 Å². The van der Waals surface area contributed by atoms with Crippen molar-refractivity contribution >= 4 is 17.7 Å². The van der Waals surface area contributed by atoms with Crippen LogP contribution in [0.5, 0.6) is 0 Å². The van der Waals surface area contributed by atoms with Crippen molar-refractivity contribution in [1.29, 1.82) is 0 Å². The van der Waals surface area contributed by atoms with Crippen molar-refractivity contribution in [3.05, 3.63) is 11.4 Å². The van der Waals surface area contributed by atoms with Crippen LogP contribution in [0.4, 0.5) is 13.2 Å². The molecular weight excluding hydrogens is 247 g/mol. The monoisotopic (exact) mass is 253 g/mol. The molecule has 1 aromatic heterocycles. The molecule has 1 rings (SSSR count). The first-order chi connectivity index (χ1) is 7.40. The van der Waals surface area contributed by atoms with Gasteiger partial charge in [-0.15, -0.1) is 10.2 Å². The average molecular weight is 253 g/mol. The number of ether oxygens (including phenoxy) is 1. The van der Waals surface area contributed by atoms with Gasteiger partial charge in [-0.1, -0.05) is 11.8 Å². The second-order valence-corrected chi connectivity index (χ2v) is 3.26. The molecule has 16 heavy (non-hydrogen) atoms. The van der Waals surface area contributed by atoms with Gasteiger partial charge in [0.25, 0.3) is 0 Å². The maximum Gasteiger partial charge on any atom is 0.437 e. The molecule has 0 bridgehead atoms. The fourth-order valence-corrected chi connectivity index (χ4v) is 1.13. The Hall–Kier alpha value is -1.38. The third kappa shape index (κ3) is 2.60. The molecule has 0 N–H and O–H groups in total. The van der Waals surface area contributed by atoms with E-state index in [-0.39, 0.29) is 5.16 Å². The van der Waals surface area contributed by atoms with Crippen molar-refractivity contribution in [2.75, 3.05) is 13.4 Å². The van der Waals surface area contributed by atoms with E-state index in [1.807, 2.05) is 0 Å². The van der Waals surface area contributed by atoms with E-state index in [0.717, 1.165) is 18.9 Å². The summed E-state index contributed by atoms with van der Waals surface area (Å²) < 4.78 is 41.5. The van der Waals surface area contributed by atoms with Gasteiger partial charge in [0.05, 0.1) is 7.11 Å². The third-order valence-corrected chi connectivity index (χ3v) is 2.04. The zero-order valence-electron chi connectivity index (χ0n) is 8.20. The first-order valence-electron chi connectivity index (χ1n) is 3.84. The van der Waals surface area contributed by atoms with Crippen LogP contribution in [0.15, 0.2) is 5.16 Å². The summed E-state index contributed by atoms with van der Waals surface area (Å²) >= 11 is 0.970. The number of rotatable bonds is 2. The molecule has 0 fully saturated rings. The SMILES string of the molecule is COC(=O)c1nc(SC)nnc1C(F)(F)F. The molecule has 0 unspecified atom stereocenters. The molecule has 88 valence electrons. The fraction of sp³-hybridized carbons (Fsp3) is 0.429. The molecule has 0 saturated carbocycles. The Bertz CT molecular complexity index is 410. The molecule has 9 heteroatoms. The predicted molar refractivity (Wildman–Crippen MR) is 47.9 cm³/mol. The Balaban J connectivity index is 3.33. The van der Waals surface area contributed by atoms with Crippen LogP contribution in [-0.2, 0) is 10.9 Å². The molecule has 0 radical (unpaired) electrons. The van der Waals surface area contributed by atoms with E-state index in [0.29, 0.717) is 0 Å². The third-order valence-electron chi connectivity index (χ3n) is 1.50. The second kappa shape index (κ2) is 4.64. The lowest BCUT2D eigenvalue weighted by molar-refractivity contribution is -0.142. The van der Waals surface area contributed by atoms with E-state index in [1.54, 1.807) is 6.26 Å². The molecule has 0 amide bonds. The first-order valence-corrected chi connectivity index (χ1v) is 5.06. The molecule has 0 aliphatic rings. The minimum Gasteiger partial charge on any atom is -0.464 e. The van der Waals surface area contributed by atoms with E-state index < -0.39 is 23.5 Å². The summed E-state index contributed by atoms with van der Waals surface area (Å²) in [7, 11) is 0.962. The fourth-order valence-electron chi connectivity index (χ4n) is 0.827. The number of hydrogen-bond donors (Lipinski definition) is 0. The Kier molecular flexibility index (Phi) is 3.68. The van der Waals surface area contributed by atoms with E-state index >= 15 is 0 Å². The smallest absolute Gasteiger partial charge is 0.437 e. The minimum atomic E-state index is -4.79. The Labute approximate surface area is 92.4 Å². The van der Waals surface area contributed by atoms with Crippen LogP contribution in [0.2, 0.25) is 0 Å². The van der Waals surface area contributed by atoms with Crippen LogP contribution in [-0.4, -0.2) is 34.5 Å². The van der Waals surface area contributed by atoms with Crippen molar-refractivity contribution in [2.45, 2.75) is 11.3 Å². The van der Waals surface area contributed by atoms with Crippen molar-refractivity contribution in [3.8, 4) is 0 Å². The van der Waals surface area contributed by atoms with Crippen molar-refractivity contribution < 1.29 is 22.7 Å². The Morgan fingerprint density at radius 1 is 1.38 bits per heavy atom. The summed E-state index contributed by atoms with van der Waals surface area (Å²) in [5.74, 6) is -1.20. The first kappa shape index (κ1) is 12.7. The van der Waals surface area contributed by atoms with Crippen LogP contribution < -0.4 is 0 Å².